The molecule has 3 aromatic rings. The minimum absolute atomic E-state index is 0.0214. The Morgan fingerprint density at radius 2 is 1.97 bits per heavy atom. The first kappa shape index (κ1) is 19.5. The largest absolute Gasteiger partial charge is 0.479 e. The average molecular weight is 428 g/mol. The Morgan fingerprint density at radius 1 is 1.13 bits per heavy atom. The molecule has 0 spiro atoms. The van der Waals surface area contributed by atoms with Gasteiger partial charge >= 0.3 is 5.69 Å². The number of furan rings is 1. The number of hydrogen-bond acceptors (Lipinski definition) is 7. The second-order valence-electron chi connectivity index (χ2n) is 6.23. The lowest BCUT2D eigenvalue weighted by molar-refractivity contribution is -0.385. The summed E-state index contributed by atoms with van der Waals surface area (Å²) in [5, 5.41) is 11.3. The molecule has 0 bridgehead atoms. The van der Waals surface area contributed by atoms with Crippen LogP contribution in [0.25, 0.3) is 6.08 Å². The molecule has 2 heterocycles. The number of ether oxygens (including phenoxy) is 3. The molecule has 8 nitrogen and oxygen atoms in total. The van der Waals surface area contributed by atoms with Gasteiger partial charge in [0.15, 0.2) is 23.0 Å². The van der Waals surface area contributed by atoms with Gasteiger partial charge in [0.1, 0.15) is 18.1 Å². The molecule has 0 aliphatic carbocycles. The topological polar surface area (TPSA) is 101 Å². The fourth-order valence-electron chi connectivity index (χ4n) is 2.77. The summed E-state index contributed by atoms with van der Waals surface area (Å²) in [5.41, 5.74) is 0.226. The van der Waals surface area contributed by atoms with Gasteiger partial charge in [0.05, 0.1) is 4.92 Å². The van der Waals surface area contributed by atoms with Crippen molar-refractivity contribution in [3.63, 3.8) is 0 Å². The zero-order chi connectivity index (χ0) is 21.1. The highest BCUT2D eigenvalue weighted by atomic mass is 35.5. The predicted octanol–water partition coefficient (Wildman–Crippen LogP) is 5.05. The van der Waals surface area contributed by atoms with Gasteiger partial charge in [0.2, 0.25) is 6.79 Å². The van der Waals surface area contributed by atoms with E-state index in [1.54, 1.807) is 30.3 Å². The first-order valence-corrected chi connectivity index (χ1v) is 9.15. The van der Waals surface area contributed by atoms with Crippen molar-refractivity contribution in [2.75, 3.05) is 6.79 Å². The zero-order valence-electron chi connectivity index (χ0n) is 15.4. The predicted molar refractivity (Wildman–Crippen MR) is 107 cm³/mol. The van der Waals surface area contributed by atoms with Gasteiger partial charge in [-0.1, -0.05) is 11.6 Å². The minimum atomic E-state index is -0.570. The monoisotopic (exact) mass is 427 g/mol. The van der Waals surface area contributed by atoms with Crippen LogP contribution in [-0.4, -0.2) is 17.5 Å². The van der Waals surface area contributed by atoms with Crippen LogP contribution in [0.15, 0.2) is 59.0 Å². The first-order chi connectivity index (χ1) is 14.5. The summed E-state index contributed by atoms with van der Waals surface area (Å²) in [6.45, 7) is 0.117. The third-order valence-electron chi connectivity index (χ3n) is 4.23. The lowest BCUT2D eigenvalue weighted by atomic mass is 10.1. The number of benzene rings is 2. The summed E-state index contributed by atoms with van der Waals surface area (Å²) in [6.07, 6.45) is 2.91. The van der Waals surface area contributed by atoms with Crippen LogP contribution in [0.3, 0.4) is 0 Å². The van der Waals surface area contributed by atoms with Crippen molar-refractivity contribution >= 4 is 29.1 Å². The fraction of sp³-hybridized carbons (Fsp3) is 0.0952. The smallest absolute Gasteiger partial charge is 0.312 e. The summed E-state index contributed by atoms with van der Waals surface area (Å²) in [7, 11) is 0. The van der Waals surface area contributed by atoms with E-state index in [0.717, 1.165) is 0 Å². The van der Waals surface area contributed by atoms with Crippen LogP contribution >= 0.6 is 11.6 Å². The van der Waals surface area contributed by atoms with Gasteiger partial charge in [-0.25, -0.2) is 0 Å². The number of nitrogens with zero attached hydrogens (tertiary/aromatic N) is 1. The lowest BCUT2D eigenvalue weighted by Crippen LogP contribution is -1.98. The van der Waals surface area contributed by atoms with E-state index < -0.39 is 4.92 Å². The van der Waals surface area contributed by atoms with Crippen LogP contribution in [0, 0.1) is 10.1 Å². The van der Waals surface area contributed by atoms with Crippen LogP contribution in [0.1, 0.15) is 21.9 Å². The van der Waals surface area contributed by atoms with Crippen molar-refractivity contribution in [2.24, 2.45) is 0 Å². The maximum absolute atomic E-state index is 12.3. The summed E-state index contributed by atoms with van der Waals surface area (Å²) in [4.78, 5) is 22.9. The highest BCUT2D eigenvalue weighted by molar-refractivity contribution is 6.30. The Balaban J connectivity index is 1.40. The SMILES string of the molecule is O=C(/C=C/c1ccc(COc2ccc(Cl)cc2[N+](=O)[O-])o1)c1ccc2c(c1)OCO2. The Kier molecular flexibility index (Phi) is 5.40. The molecule has 0 N–H and O–H groups in total. The van der Waals surface area contributed by atoms with E-state index >= 15 is 0 Å². The number of carbonyl (C=O) groups excluding carboxylic acids is 1. The number of nitro groups is 1. The molecule has 30 heavy (non-hydrogen) atoms. The molecule has 0 atom stereocenters. The van der Waals surface area contributed by atoms with Crippen molar-refractivity contribution in [2.45, 2.75) is 6.61 Å². The van der Waals surface area contributed by atoms with Crippen LogP contribution in [0.5, 0.6) is 17.2 Å². The van der Waals surface area contributed by atoms with Gasteiger partial charge in [0.25, 0.3) is 0 Å². The molecule has 2 aromatic carbocycles. The number of rotatable bonds is 7. The molecule has 0 saturated carbocycles. The van der Waals surface area contributed by atoms with E-state index in [2.05, 4.69) is 0 Å². The molecular formula is C21H14ClNO7. The van der Waals surface area contributed by atoms with Gasteiger partial charge < -0.3 is 18.6 Å². The molecule has 0 radical (unpaired) electrons. The Bertz CT molecular complexity index is 1150. The number of hydrogen-bond donors (Lipinski definition) is 0. The summed E-state index contributed by atoms with van der Waals surface area (Å²) >= 11 is 5.79. The fourth-order valence-corrected chi connectivity index (χ4v) is 2.94. The van der Waals surface area contributed by atoms with Crippen LogP contribution in [-0.2, 0) is 6.61 Å². The van der Waals surface area contributed by atoms with Crippen LogP contribution in [0.4, 0.5) is 5.69 Å². The number of ketones is 1. The Morgan fingerprint density at radius 3 is 2.80 bits per heavy atom. The van der Waals surface area contributed by atoms with Gasteiger partial charge in [-0.2, -0.15) is 0 Å². The highest BCUT2D eigenvalue weighted by Gasteiger charge is 2.17. The lowest BCUT2D eigenvalue weighted by Gasteiger charge is -2.05. The van der Waals surface area contributed by atoms with Crippen molar-refractivity contribution in [1.82, 2.24) is 0 Å². The maximum Gasteiger partial charge on any atom is 0.312 e. The number of halogens is 1. The number of nitro benzene ring substituents is 1. The summed E-state index contributed by atoms with van der Waals surface area (Å²) in [5.74, 6) is 1.87. The van der Waals surface area contributed by atoms with Crippen molar-refractivity contribution in [3.8, 4) is 17.2 Å². The normalized spacial score (nSPS) is 12.3. The number of fused-ring (bicyclic) bond motifs is 1. The van der Waals surface area contributed by atoms with Crippen LogP contribution in [0.2, 0.25) is 5.02 Å². The van der Waals surface area contributed by atoms with Gasteiger partial charge in [-0.05, 0) is 54.6 Å². The Labute approximate surface area is 175 Å². The molecule has 4 rings (SSSR count). The van der Waals surface area contributed by atoms with E-state index in [4.69, 9.17) is 30.2 Å². The molecule has 1 aliphatic heterocycles. The zero-order valence-corrected chi connectivity index (χ0v) is 16.1. The standard InChI is InChI=1S/C21H14ClNO7/c22-14-2-8-19(17(10-14)23(25)26)27-11-16-4-3-15(30-16)5-6-18(24)13-1-7-20-21(9-13)29-12-28-20/h1-10H,11-12H2/b6-5+. The quantitative estimate of drug-likeness (QED) is 0.225. The average Bonchev–Trinajstić information content (AvgIpc) is 3.39. The van der Waals surface area contributed by atoms with Gasteiger partial charge in [-0.15, -0.1) is 0 Å². The molecule has 1 aromatic heterocycles. The van der Waals surface area contributed by atoms with Crippen molar-refractivity contribution in [3.05, 3.63) is 86.8 Å². The number of carbonyl (C=O) groups is 1. The van der Waals surface area contributed by atoms with Crippen molar-refractivity contribution in [1.29, 1.82) is 0 Å². The van der Waals surface area contributed by atoms with E-state index in [1.807, 2.05) is 0 Å². The van der Waals surface area contributed by atoms with E-state index in [9.17, 15) is 14.9 Å². The molecule has 1 aliphatic rings. The molecule has 0 saturated heterocycles. The highest BCUT2D eigenvalue weighted by Crippen LogP contribution is 2.33. The first-order valence-electron chi connectivity index (χ1n) is 8.77. The second kappa shape index (κ2) is 8.30. The van der Waals surface area contributed by atoms with E-state index in [-0.39, 0.29) is 35.6 Å². The molecule has 152 valence electrons. The third-order valence-corrected chi connectivity index (χ3v) is 4.46. The minimum Gasteiger partial charge on any atom is -0.479 e. The molecule has 0 unspecified atom stereocenters. The molecular weight excluding hydrogens is 414 g/mol. The van der Waals surface area contributed by atoms with Crippen LogP contribution < -0.4 is 14.2 Å². The number of allylic oxidation sites excluding steroid dienone is 1. The van der Waals surface area contributed by atoms with Gasteiger partial charge in [0, 0.05) is 16.7 Å². The molecule has 9 heteroatoms. The van der Waals surface area contributed by atoms with Crippen molar-refractivity contribution < 1.29 is 28.3 Å². The molecule has 0 amide bonds. The summed E-state index contributed by atoms with van der Waals surface area (Å²) in [6, 6.07) is 12.4. The van der Waals surface area contributed by atoms with Gasteiger partial charge in [-0.3, -0.25) is 14.9 Å². The van der Waals surface area contributed by atoms with E-state index in [0.29, 0.717) is 28.6 Å². The maximum atomic E-state index is 12.3. The molecule has 0 fully saturated rings. The Hall–Kier alpha value is -3.78. The summed E-state index contributed by atoms with van der Waals surface area (Å²) < 4.78 is 21.6. The van der Waals surface area contributed by atoms with E-state index in [1.165, 1.54) is 30.4 Å². The second-order valence-corrected chi connectivity index (χ2v) is 6.66. The third kappa shape index (κ3) is 4.28.